The quantitative estimate of drug-likeness (QED) is 0.873. The molecule has 2 aromatic rings. The molecule has 1 aliphatic rings. The van der Waals surface area contributed by atoms with Gasteiger partial charge in [-0.15, -0.1) is 5.10 Å². The van der Waals surface area contributed by atoms with Gasteiger partial charge in [-0.1, -0.05) is 30.5 Å². The van der Waals surface area contributed by atoms with Gasteiger partial charge in [-0.25, -0.2) is 4.68 Å². The van der Waals surface area contributed by atoms with E-state index in [1.807, 2.05) is 16.8 Å². The summed E-state index contributed by atoms with van der Waals surface area (Å²) >= 11 is 6.25. The number of hydrogen-bond acceptors (Lipinski definition) is 4. The van der Waals surface area contributed by atoms with Crippen LogP contribution < -0.4 is 5.73 Å². The van der Waals surface area contributed by atoms with E-state index in [1.165, 1.54) is 12.8 Å². The highest BCUT2D eigenvalue weighted by atomic mass is 35.5. The standard InChI is InChI=1S/C13H16ClN5/c1-8(7-9-5-6-9)19-13(16-17-18-19)10-3-2-4-11(15)12(10)14/h2-4,8-9H,5-7,15H2,1H3. The van der Waals surface area contributed by atoms with Gasteiger partial charge in [0.2, 0.25) is 0 Å². The monoisotopic (exact) mass is 277 g/mol. The molecule has 0 amide bonds. The number of rotatable bonds is 4. The fourth-order valence-electron chi connectivity index (χ4n) is 2.33. The minimum Gasteiger partial charge on any atom is -0.398 e. The van der Waals surface area contributed by atoms with E-state index < -0.39 is 0 Å². The smallest absolute Gasteiger partial charge is 0.183 e. The van der Waals surface area contributed by atoms with Crippen LogP contribution in [0, 0.1) is 5.92 Å². The third-order valence-corrected chi connectivity index (χ3v) is 3.97. The van der Waals surface area contributed by atoms with E-state index in [0.717, 1.165) is 17.9 Å². The molecule has 1 atom stereocenters. The second kappa shape index (κ2) is 4.81. The molecule has 0 saturated heterocycles. The van der Waals surface area contributed by atoms with Crippen molar-refractivity contribution in [3.8, 4) is 11.4 Å². The molecule has 1 fully saturated rings. The third-order valence-electron chi connectivity index (χ3n) is 3.55. The molecule has 0 radical (unpaired) electrons. The SMILES string of the molecule is CC(CC1CC1)n1nnnc1-c1cccc(N)c1Cl. The van der Waals surface area contributed by atoms with Gasteiger partial charge in [-0.05, 0) is 41.8 Å². The van der Waals surface area contributed by atoms with Gasteiger partial charge in [0.15, 0.2) is 5.82 Å². The molecule has 0 bridgehead atoms. The second-order valence-electron chi connectivity index (χ2n) is 5.18. The van der Waals surface area contributed by atoms with Crippen LogP contribution in [0.25, 0.3) is 11.4 Å². The fraction of sp³-hybridized carbons (Fsp3) is 0.462. The summed E-state index contributed by atoms with van der Waals surface area (Å²) in [5, 5.41) is 12.5. The number of halogens is 1. The molecule has 2 N–H and O–H groups in total. The second-order valence-corrected chi connectivity index (χ2v) is 5.56. The Labute approximate surface area is 116 Å². The molecule has 0 aliphatic heterocycles. The van der Waals surface area contributed by atoms with Crippen LogP contribution in [0.4, 0.5) is 5.69 Å². The van der Waals surface area contributed by atoms with E-state index >= 15 is 0 Å². The summed E-state index contributed by atoms with van der Waals surface area (Å²) in [5.41, 5.74) is 7.17. The zero-order valence-electron chi connectivity index (χ0n) is 10.8. The Hall–Kier alpha value is -1.62. The largest absolute Gasteiger partial charge is 0.398 e. The van der Waals surface area contributed by atoms with Crippen molar-refractivity contribution < 1.29 is 0 Å². The van der Waals surface area contributed by atoms with E-state index in [1.54, 1.807) is 6.07 Å². The average Bonchev–Trinajstić information content (AvgIpc) is 3.06. The molecule has 1 saturated carbocycles. The predicted octanol–water partition coefficient (Wildman–Crippen LogP) is 2.94. The lowest BCUT2D eigenvalue weighted by atomic mass is 10.1. The van der Waals surface area contributed by atoms with Gasteiger partial charge in [0, 0.05) is 5.56 Å². The fourth-order valence-corrected chi connectivity index (χ4v) is 2.54. The van der Waals surface area contributed by atoms with Crippen molar-refractivity contribution in [2.24, 2.45) is 5.92 Å². The van der Waals surface area contributed by atoms with E-state index in [2.05, 4.69) is 22.4 Å². The van der Waals surface area contributed by atoms with Crippen LogP contribution in [-0.2, 0) is 0 Å². The Morgan fingerprint density at radius 1 is 1.47 bits per heavy atom. The predicted molar refractivity (Wildman–Crippen MR) is 74.7 cm³/mol. The van der Waals surface area contributed by atoms with Crippen molar-refractivity contribution in [2.75, 3.05) is 5.73 Å². The number of nitrogen functional groups attached to an aromatic ring is 1. The minimum atomic E-state index is 0.273. The highest BCUT2D eigenvalue weighted by molar-refractivity contribution is 6.35. The van der Waals surface area contributed by atoms with Gasteiger partial charge < -0.3 is 5.73 Å². The zero-order chi connectivity index (χ0) is 13.4. The lowest BCUT2D eigenvalue weighted by Gasteiger charge is -2.13. The van der Waals surface area contributed by atoms with Crippen molar-refractivity contribution in [2.45, 2.75) is 32.2 Å². The topological polar surface area (TPSA) is 69.6 Å². The highest BCUT2D eigenvalue weighted by Gasteiger charge is 2.26. The van der Waals surface area contributed by atoms with E-state index in [9.17, 15) is 0 Å². The third kappa shape index (κ3) is 2.42. The van der Waals surface area contributed by atoms with E-state index in [-0.39, 0.29) is 6.04 Å². The molecule has 0 spiro atoms. The molecule has 1 aromatic heterocycles. The van der Waals surface area contributed by atoms with E-state index in [4.69, 9.17) is 17.3 Å². The van der Waals surface area contributed by atoms with Crippen molar-refractivity contribution in [1.82, 2.24) is 20.2 Å². The first-order chi connectivity index (χ1) is 9.16. The molecule has 19 heavy (non-hydrogen) atoms. The maximum absolute atomic E-state index is 6.25. The Balaban J connectivity index is 1.96. The number of nitrogens with zero attached hydrogens (tertiary/aromatic N) is 4. The summed E-state index contributed by atoms with van der Waals surface area (Å²) in [4.78, 5) is 0. The van der Waals surface area contributed by atoms with Gasteiger partial charge >= 0.3 is 0 Å². The summed E-state index contributed by atoms with van der Waals surface area (Å²) < 4.78 is 1.85. The minimum absolute atomic E-state index is 0.273. The molecular formula is C13H16ClN5. The zero-order valence-corrected chi connectivity index (χ0v) is 11.5. The molecule has 1 heterocycles. The molecular weight excluding hydrogens is 262 g/mol. The Morgan fingerprint density at radius 3 is 3.00 bits per heavy atom. The van der Waals surface area contributed by atoms with Crippen molar-refractivity contribution >= 4 is 17.3 Å². The van der Waals surface area contributed by atoms with Crippen LogP contribution in [0.2, 0.25) is 5.02 Å². The first-order valence-electron chi connectivity index (χ1n) is 6.49. The lowest BCUT2D eigenvalue weighted by molar-refractivity contribution is 0.430. The van der Waals surface area contributed by atoms with Crippen LogP contribution in [-0.4, -0.2) is 20.2 Å². The van der Waals surface area contributed by atoms with Gasteiger partial charge in [-0.2, -0.15) is 0 Å². The summed E-state index contributed by atoms with van der Waals surface area (Å²) in [7, 11) is 0. The first-order valence-corrected chi connectivity index (χ1v) is 6.87. The number of aromatic nitrogens is 4. The Kier molecular flexibility index (Phi) is 3.14. The van der Waals surface area contributed by atoms with Crippen LogP contribution in [0.3, 0.4) is 0 Å². The molecule has 1 aliphatic carbocycles. The van der Waals surface area contributed by atoms with Crippen molar-refractivity contribution in [1.29, 1.82) is 0 Å². The number of nitrogens with two attached hydrogens (primary N) is 1. The maximum Gasteiger partial charge on any atom is 0.183 e. The summed E-state index contributed by atoms with van der Waals surface area (Å²) in [6.07, 6.45) is 3.75. The number of anilines is 1. The van der Waals surface area contributed by atoms with E-state index in [0.29, 0.717) is 16.5 Å². The maximum atomic E-state index is 6.25. The van der Waals surface area contributed by atoms with Gasteiger partial charge in [-0.3, -0.25) is 0 Å². The molecule has 1 aromatic carbocycles. The van der Waals surface area contributed by atoms with Crippen molar-refractivity contribution in [3.63, 3.8) is 0 Å². The van der Waals surface area contributed by atoms with Crippen LogP contribution in [0.15, 0.2) is 18.2 Å². The molecule has 6 heteroatoms. The molecule has 1 unspecified atom stereocenters. The Morgan fingerprint density at radius 2 is 2.26 bits per heavy atom. The Bertz CT molecular complexity index is 590. The van der Waals surface area contributed by atoms with Crippen molar-refractivity contribution in [3.05, 3.63) is 23.2 Å². The molecule has 100 valence electrons. The average molecular weight is 278 g/mol. The van der Waals surface area contributed by atoms with Crippen LogP contribution in [0.1, 0.15) is 32.2 Å². The lowest BCUT2D eigenvalue weighted by Crippen LogP contribution is -2.10. The normalized spacial score (nSPS) is 16.5. The van der Waals surface area contributed by atoms with Gasteiger partial charge in [0.05, 0.1) is 16.8 Å². The first kappa shape index (κ1) is 12.4. The summed E-state index contributed by atoms with van der Waals surface area (Å²) in [6, 6.07) is 5.80. The summed E-state index contributed by atoms with van der Waals surface area (Å²) in [5.74, 6) is 1.51. The molecule has 3 rings (SSSR count). The summed E-state index contributed by atoms with van der Waals surface area (Å²) in [6.45, 7) is 2.14. The number of tetrazole rings is 1. The van der Waals surface area contributed by atoms with Crippen LogP contribution in [0.5, 0.6) is 0 Å². The van der Waals surface area contributed by atoms with Crippen LogP contribution >= 0.6 is 11.6 Å². The highest BCUT2D eigenvalue weighted by Crippen LogP contribution is 2.38. The van der Waals surface area contributed by atoms with Gasteiger partial charge in [0.25, 0.3) is 0 Å². The number of benzene rings is 1. The molecule has 5 nitrogen and oxygen atoms in total. The van der Waals surface area contributed by atoms with Gasteiger partial charge in [0.1, 0.15) is 0 Å². The number of hydrogen-bond donors (Lipinski definition) is 1.